The van der Waals surface area contributed by atoms with Gasteiger partial charge in [-0.25, -0.2) is 0 Å². The summed E-state index contributed by atoms with van der Waals surface area (Å²) in [4.78, 5) is 14.0. The van der Waals surface area contributed by atoms with Gasteiger partial charge < -0.3 is 14.7 Å². The lowest BCUT2D eigenvalue weighted by Crippen LogP contribution is -2.41. The molecule has 0 bridgehead atoms. The third kappa shape index (κ3) is 3.12. The van der Waals surface area contributed by atoms with Crippen LogP contribution in [0, 0.1) is 5.92 Å². The van der Waals surface area contributed by atoms with E-state index in [9.17, 15) is 9.90 Å². The number of carbonyl (C=O) groups is 1. The first-order chi connectivity index (χ1) is 9.52. The number of aliphatic hydroxyl groups is 1. The van der Waals surface area contributed by atoms with Crippen molar-refractivity contribution in [2.24, 2.45) is 5.92 Å². The molecule has 0 saturated heterocycles. The van der Waals surface area contributed by atoms with Gasteiger partial charge in [-0.1, -0.05) is 19.9 Å². The molecule has 1 aromatic carbocycles. The van der Waals surface area contributed by atoms with E-state index in [1.165, 1.54) is 5.56 Å². The topological polar surface area (TPSA) is 49.8 Å². The van der Waals surface area contributed by atoms with Crippen molar-refractivity contribution in [1.29, 1.82) is 0 Å². The molecule has 0 unspecified atom stereocenters. The molecule has 0 aromatic heterocycles. The van der Waals surface area contributed by atoms with E-state index in [2.05, 4.69) is 0 Å². The SMILES string of the molecule is COc1ccc2c(c1)CCCN(C(=O)[C@@H](O)C(C)C)C2. The molecule has 2 rings (SSSR count). The van der Waals surface area contributed by atoms with Crippen molar-refractivity contribution >= 4 is 5.91 Å². The Kier molecular flexibility index (Phi) is 4.65. The van der Waals surface area contributed by atoms with Crippen LogP contribution in [0.15, 0.2) is 18.2 Å². The first-order valence-electron chi connectivity index (χ1n) is 7.15. The Bertz CT molecular complexity index is 485. The number of methoxy groups -OCH3 is 1. The monoisotopic (exact) mass is 277 g/mol. The van der Waals surface area contributed by atoms with Crippen LogP contribution in [-0.2, 0) is 17.8 Å². The molecule has 4 nitrogen and oxygen atoms in total. The van der Waals surface area contributed by atoms with Gasteiger partial charge in [0, 0.05) is 13.1 Å². The molecule has 0 saturated carbocycles. The lowest BCUT2D eigenvalue weighted by molar-refractivity contribution is -0.143. The van der Waals surface area contributed by atoms with Gasteiger partial charge in [0.15, 0.2) is 0 Å². The number of hydrogen-bond acceptors (Lipinski definition) is 3. The smallest absolute Gasteiger partial charge is 0.251 e. The minimum Gasteiger partial charge on any atom is -0.497 e. The largest absolute Gasteiger partial charge is 0.497 e. The Balaban J connectivity index is 2.18. The van der Waals surface area contributed by atoms with Gasteiger partial charge in [0.25, 0.3) is 5.91 Å². The van der Waals surface area contributed by atoms with Crippen molar-refractivity contribution in [2.75, 3.05) is 13.7 Å². The molecule has 4 heteroatoms. The summed E-state index contributed by atoms with van der Waals surface area (Å²) in [5, 5.41) is 9.96. The minimum absolute atomic E-state index is 0.0545. The summed E-state index contributed by atoms with van der Waals surface area (Å²) in [7, 11) is 1.66. The number of rotatable bonds is 3. The lowest BCUT2D eigenvalue weighted by atomic mass is 10.0. The Hall–Kier alpha value is -1.55. The molecule has 1 N–H and O–H groups in total. The number of amides is 1. The molecular weight excluding hydrogens is 254 g/mol. The van der Waals surface area contributed by atoms with Gasteiger partial charge in [0.05, 0.1) is 7.11 Å². The average molecular weight is 277 g/mol. The fourth-order valence-corrected chi connectivity index (χ4v) is 2.52. The summed E-state index contributed by atoms with van der Waals surface area (Å²) < 4.78 is 5.24. The predicted molar refractivity (Wildman–Crippen MR) is 77.6 cm³/mol. The van der Waals surface area contributed by atoms with Crippen LogP contribution in [-0.4, -0.2) is 35.7 Å². The molecule has 0 radical (unpaired) electrons. The van der Waals surface area contributed by atoms with E-state index >= 15 is 0 Å². The summed E-state index contributed by atoms with van der Waals surface area (Å²) in [6.45, 7) is 4.99. The lowest BCUT2D eigenvalue weighted by Gasteiger charge is -2.25. The Morgan fingerprint density at radius 3 is 2.75 bits per heavy atom. The number of carbonyl (C=O) groups excluding carboxylic acids is 1. The number of hydrogen-bond donors (Lipinski definition) is 1. The molecule has 1 atom stereocenters. The maximum Gasteiger partial charge on any atom is 0.251 e. The highest BCUT2D eigenvalue weighted by atomic mass is 16.5. The number of aryl methyl sites for hydroxylation is 1. The van der Waals surface area contributed by atoms with Crippen LogP contribution in [0.1, 0.15) is 31.4 Å². The van der Waals surface area contributed by atoms with Crippen LogP contribution < -0.4 is 4.74 Å². The van der Waals surface area contributed by atoms with Gasteiger partial charge in [-0.05, 0) is 42.0 Å². The van der Waals surface area contributed by atoms with E-state index in [-0.39, 0.29) is 11.8 Å². The molecular formula is C16H23NO3. The Morgan fingerprint density at radius 2 is 2.10 bits per heavy atom. The fraction of sp³-hybridized carbons (Fsp3) is 0.562. The zero-order valence-electron chi connectivity index (χ0n) is 12.4. The molecule has 20 heavy (non-hydrogen) atoms. The van der Waals surface area contributed by atoms with Gasteiger partial charge in [-0.3, -0.25) is 4.79 Å². The quantitative estimate of drug-likeness (QED) is 0.919. The first kappa shape index (κ1) is 14.9. The molecule has 1 aromatic rings. The summed E-state index contributed by atoms with van der Waals surface area (Å²) >= 11 is 0. The van der Waals surface area contributed by atoms with Crippen LogP contribution in [0.2, 0.25) is 0 Å². The van der Waals surface area contributed by atoms with Crippen molar-refractivity contribution in [1.82, 2.24) is 4.90 Å². The summed E-state index contributed by atoms with van der Waals surface area (Å²) in [5.74, 6) is 0.635. The second-order valence-electron chi connectivity index (χ2n) is 5.69. The second kappa shape index (κ2) is 6.27. The highest BCUT2D eigenvalue weighted by Gasteiger charge is 2.26. The van der Waals surface area contributed by atoms with Crippen LogP contribution in [0.3, 0.4) is 0 Å². The number of ether oxygens (including phenoxy) is 1. The Morgan fingerprint density at radius 1 is 1.35 bits per heavy atom. The van der Waals surface area contributed by atoms with E-state index in [1.807, 2.05) is 32.0 Å². The maximum atomic E-state index is 12.3. The number of aliphatic hydroxyl groups excluding tert-OH is 1. The van der Waals surface area contributed by atoms with Gasteiger partial charge in [-0.2, -0.15) is 0 Å². The minimum atomic E-state index is -0.908. The van der Waals surface area contributed by atoms with E-state index < -0.39 is 6.10 Å². The molecule has 1 aliphatic rings. The van der Waals surface area contributed by atoms with E-state index in [0.717, 1.165) is 24.2 Å². The van der Waals surface area contributed by atoms with Gasteiger partial charge >= 0.3 is 0 Å². The predicted octanol–water partition coefficient (Wildman–Crippen LogP) is 1.99. The molecule has 0 fully saturated rings. The highest BCUT2D eigenvalue weighted by molar-refractivity contribution is 5.81. The zero-order chi connectivity index (χ0) is 14.7. The molecule has 1 heterocycles. The molecule has 1 amide bonds. The average Bonchev–Trinajstić information content (AvgIpc) is 2.66. The van der Waals surface area contributed by atoms with Crippen LogP contribution in [0.4, 0.5) is 0 Å². The fourth-order valence-electron chi connectivity index (χ4n) is 2.52. The highest BCUT2D eigenvalue weighted by Crippen LogP contribution is 2.24. The summed E-state index contributed by atoms with van der Waals surface area (Å²) in [6.07, 6.45) is 0.944. The van der Waals surface area contributed by atoms with Crippen molar-refractivity contribution in [2.45, 2.75) is 39.3 Å². The van der Waals surface area contributed by atoms with Crippen molar-refractivity contribution in [3.05, 3.63) is 29.3 Å². The molecule has 110 valence electrons. The molecule has 0 aliphatic carbocycles. The normalized spacial score (nSPS) is 16.6. The van der Waals surface area contributed by atoms with E-state index in [0.29, 0.717) is 13.1 Å². The number of fused-ring (bicyclic) bond motifs is 1. The number of nitrogens with zero attached hydrogens (tertiary/aromatic N) is 1. The van der Waals surface area contributed by atoms with Crippen molar-refractivity contribution in [3.8, 4) is 5.75 Å². The second-order valence-corrected chi connectivity index (χ2v) is 5.69. The number of benzene rings is 1. The third-order valence-corrected chi connectivity index (χ3v) is 3.84. The standard InChI is InChI=1S/C16H23NO3/c1-11(2)15(18)16(19)17-8-4-5-12-9-14(20-3)7-6-13(12)10-17/h6-7,9,11,15,18H,4-5,8,10H2,1-3H3/t15-/m0/s1. The van der Waals surface area contributed by atoms with Crippen molar-refractivity contribution in [3.63, 3.8) is 0 Å². The molecule has 0 spiro atoms. The first-order valence-corrected chi connectivity index (χ1v) is 7.15. The van der Waals surface area contributed by atoms with Gasteiger partial charge in [0.1, 0.15) is 11.9 Å². The zero-order valence-corrected chi connectivity index (χ0v) is 12.4. The maximum absolute atomic E-state index is 12.3. The van der Waals surface area contributed by atoms with E-state index in [1.54, 1.807) is 12.0 Å². The van der Waals surface area contributed by atoms with Crippen LogP contribution in [0.25, 0.3) is 0 Å². The van der Waals surface area contributed by atoms with E-state index in [4.69, 9.17) is 4.74 Å². The Labute approximate surface area is 120 Å². The van der Waals surface area contributed by atoms with Crippen LogP contribution in [0.5, 0.6) is 5.75 Å². The van der Waals surface area contributed by atoms with Gasteiger partial charge in [0.2, 0.25) is 0 Å². The third-order valence-electron chi connectivity index (χ3n) is 3.84. The molecule has 1 aliphatic heterocycles. The van der Waals surface area contributed by atoms with Crippen molar-refractivity contribution < 1.29 is 14.6 Å². The van der Waals surface area contributed by atoms with Crippen LogP contribution >= 0.6 is 0 Å². The summed E-state index contributed by atoms with van der Waals surface area (Å²) in [6, 6.07) is 5.98. The summed E-state index contributed by atoms with van der Waals surface area (Å²) in [5.41, 5.74) is 2.38. The van der Waals surface area contributed by atoms with Gasteiger partial charge in [-0.15, -0.1) is 0 Å².